The van der Waals surface area contributed by atoms with E-state index < -0.39 is 12.8 Å². The number of halogens is 6. The Hall–Kier alpha value is -1.84. The standard InChI is InChI=1S/C11H9BrClN3.C8H6BrF3O/c1-6-2-3-7(12)4-8(6)9-5-10(13)16-11(14)15-9;9-6-1-3-7(4-2-6)13-5-8(10,11)12/h2-5H,1H3,(H2,14,15,16);1-4H,5H2. The fourth-order valence-electron chi connectivity index (χ4n) is 2.14. The Bertz CT molecular complexity index is 950. The monoisotopic (exact) mass is 551 g/mol. The van der Waals surface area contributed by atoms with Gasteiger partial charge in [-0.15, -0.1) is 0 Å². The molecule has 0 amide bonds. The van der Waals surface area contributed by atoms with Crippen LogP contribution in [0.15, 0.2) is 57.5 Å². The van der Waals surface area contributed by atoms with Crippen molar-refractivity contribution in [2.75, 3.05) is 12.3 Å². The summed E-state index contributed by atoms with van der Waals surface area (Å²) in [5.41, 5.74) is 8.40. The van der Waals surface area contributed by atoms with Gasteiger partial charge in [-0.1, -0.05) is 49.5 Å². The summed E-state index contributed by atoms with van der Waals surface area (Å²) in [4.78, 5) is 8.00. The van der Waals surface area contributed by atoms with E-state index in [-0.39, 0.29) is 11.7 Å². The number of hydrogen-bond acceptors (Lipinski definition) is 4. The molecular weight excluding hydrogens is 538 g/mol. The highest BCUT2D eigenvalue weighted by Crippen LogP contribution is 2.27. The molecule has 3 aromatic rings. The minimum atomic E-state index is -4.28. The van der Waals surface area contributed by atoms with Crippen LogP contribution in [0.5, 0.6) is 5.75 Å². The van der Waals surface area contributed by atoms with Crippen molar-refractivity contribution in [2.24, 2.45) is 0 Å². The molecule has 0 atom stereocenters. The molecule has 3 rings (SSSR count). The van der Waals surface area contributed by atoms with Crippen LogP contribution in [0.25, 0.3) is 11.3 Å². The Morgan fingerprint density at radius 3 is 2.21 bits per heavy atom. The van der Waals surface area contributed by atoms with Crippen LogP contribution in [0.2, 0.25) is 5.15 Å². The predicted molar refractivity (Wildman–Crippen MR) is 115 cm³/mol. The lowest BCUT2D eigenvalue weighted by molar-refractivity contribution is -0.153. The van der Waals surface area contributed by atoms with Crippen LogP contribution in [-0.4, -0.2) is 22.8 Å². The molecule has 0 radical (unpaired) electrons. The van der Waals surface area contributed by atoms with E-state index in [4.69, 9.17) is 17.3 Å². The highest BCUT2D eigenvalue weighted by Gasteiger charge is 2.28. The number of nitrogens with two attached hydrogens (primary N) is 1. The van der Waals surface area contributed by atoms with Gasteiger partial charge in [0.2, 0.25) is 5.95 Å². The molecule has 154 valence electrons. The van der Waals surface area contributed by atoms with Gasteiger partial charge in [-0.05, 0) is 48.9 Å². The summed E-state index contributed by atoms with van der Waals surface area (Å²) in [7, 11) is 0. The Labute approximate surface area is 187 Å². The average molecular weight is 554 g/mol. The highest BCUT2D eigenvalue weighted by molar-refractivity contribution is 9.10. The zero-order valence-corrected chi connectivity index (χ0v) is 18.9. The first-order chi connectivity index (χ1) is 13.5. The molecule has 10 heteroatoms. The summed E-state index contributed by atoms with van der Waals surface area (Å²) in [6.45, 7) is 0.753. The van der Waals surface area contributed by atoms with Crippen LogP contribution >= 0.6 is 43.5 Å². The highest BCUT2D eigenvalue weighted by atomic mass is 79.9. The number of aromatic nitrogens is 2. The number of benzene rings is 2. The largest absolute Gasteiger partial charge is 0.484 e. The molecule has 0 aliphatic carbocycles. The minimum Gasteiger partial charge on any atom is -0.484 e. The molecule has 0 unspecified atom stereocenters. The number of nitrogens with zero attached hydrogens (tertiary/aromatic N) is 2. The van der Waals surface area contributed by atoms with Crippen LogP contribution in [0.3, 0.4) is 0 Å². The molecule has 0 bridgehead atoms. The van der Waals surface area contributed by atoms with Gasteiger partial charge in [0.1, 0.15) is 10.9 Å². The molecule has 2 aromatic carbocycles. The topological polar surface area (TPSA) is 61.0 Å². The van der Waals surface area contributed by atoms with Crippen molar-refractivity contribution in [3.8, 4) is 17.0 Å². The van der Waals surface area contributed by atoms with Crippen LogP contribution in [0, 0.1) is 6.92 Å². The molecule has 0 fully saturated rings. The smallest absolute Gasteiger partial charge is 0.422 e. The third-order valence-electron chi connectivity index (χ3n) is 3.40. The van der Waals surface area contributed by atoms with E-state index in [2.05, 4.69) is 46.6 Å². The van der Waals surface area contributed by atoms with Gasteiger partial charge in [-0.3, -0.25) is 0 Å². The van der Waals surface area contributed by atoms with Gasteiger partial charge in [0, 0.05) is 20.6 Å². The minimum absolute atomic E-state index is 0.182. The number of rotatable bonds is 3. The summed E-state index contributed by atoms with van der Waals surface area (Å²) in [6.07, 6.45) is -4.28. The first kappa shape index (κ1) is 23.4. The first-order valence-electron chi connectivity index (χ1n) is 8.05. The van der Waals surface area contributed by atoms with Crippen LogP contribution in [0.1, 0.15) is 5.56 Å². The van der Waals surface area contributed by atoms with Crippen molar-refractivity contribution in [2.45, 2.75) is 13.1 Å². The number of anilines is 1. The van der Waals surface area contributed by atoms with Crippen molar-refractivity contribution in [1.29, 1.82) is 0 Å². The molecule has 4 nitrogen and oxygen atoms in total. The van der Waals surface area contributed by atoms with Gasteiger partial charge >= 0.3 is 6.18 Å². The van der Waals surface area contributed by atoms with Crippen molar-refractivity contribution < 1.29 is 17.9 Å². The summed E-state index contributed by atoms with van der Waals surface area (Å²) >= 11 is 12.4. The van der Waals surface area contributed by atoms with E-state index in [0.717, 1.165) is 25.8 Å². The van der Waals surface area contributed by atoms with E-state index in [1.165, 1.54) is 12.1 Å². The van der Waals surface area contributed by atoms with Crippen molar-refractivity contribution in [3.63, 3.8) is 0 Å². The first-order valence-corrected chi connectivity index (χ1v) is 10.0. The fraction of sp³-hybridized carbons (Fsp3) is 0.158. The predicted octanol–water partition coefficient (Wildman–Crippen LogP) is 6.84. The third kappa shape index (κ3) is 8.20. The van der Waals surface area contributed by atoms with Gasteiger partial charge in [-0.2, -0.15) is 13.2 Å². The lowest BCUT2D eigenvalue weighted by atomic mass is 10.1. The maximum absolute atomic E-state index is 11.7. The second kappa shape index (κ2) is 10.3. The van der Waals surface area contributed by atoms with Crippen LogP contribution in [0.4, 0.5) is 19.1 Å². The zero-order chi connectivity index (χ0) is 21.6. The molecule has 0 aliphatic heterocycles. The normalized spacial score (nSPS) is 10.9. The van der Waals surface area contributed by atoms with Gasteiger partial charge in [0.15, 0.2) is 6.61 Å². The molecule has 0 spiro atoms. The van der Waals surface area contributed by atoms with Crippen molar-refractivity contribution >= 4 is 49.4 Å². The van der Waals surface area contributed by atoms with E-state index >= 15 is 0 Å². The summed E-state index contributed by atoms with van der Waals surface area (Å²) in [5.74, 6) is 0.391. The maximum Gasteiger partial charge on any atom is 0.422 e. The van der Waals surface area contributed by atoms with Gasteiger partial charge in [0.25, 0.3) is 0 Å². The molecule has 1 heterocycles. The lowest BCUT2D eigenvalue weighted by Crippen LogP contribution is -2.19. The van der Waals surface area contributed by atoms with E-state index in [9.17, 15) is 13.2 Å². The molecular formula is C19H15Br2ClF3N3O. The molecule has 0 saturated carbocycles. The summed E-state index contributed by atoms with van der Waals surface area (Å²) in [5, 5.41) is 0.349. The van der Waals surface area contributed by atoms with E-state index in [1.807, 2.05) is 25.1 Å². The molecule has 1 aromatic heterocycles. The SMILES string of the molecule is Cc1ccc(Br)cc1-c1cc(Cl)nc(N)n1.FC(F)(F)COc1ccc(Br)cc1. The van der Waals surface area contributed by atoms with Crippen molar-refractivity contribution in [3.05, 3.63) is 68.2 Å². The van der Waals surface area contributed by atoms with Gasteiger partial charge < -0.3 is 10.5 Å². The number of alkyl halides is 3. The molecule has 0 saturated heterocycles. The number of ether oxygens (including phenoxy) is 1. The zero-order valence-electron chi connectivity index (χ0n) is 15.0. The Morgan fingerprint density at radius 1 is 1.00 bits per heavy atom. The maximum atomic E-state index is 11.7. The third-order valence-corrected chi connectivity index (χ3v) is 4.62. The van der Waals surface area contributed by atoms with E-state index in [0.29, 0.717) is 5.15 Å². The van der Waals surface area contributed by atoms with Gasteiger partial charge in [-0.25, -0.2) is 9.97 Å². The summed E-state index contributed by atoms with van der Waals surface area (Å²) in [6, 6.07) is 13.8. The van der Waals surface area contributed by atoms with Crippen LogP contribution in [-0.2, 0) is 0 Å². The second-order valence-corrected chi connectivity index (χ2v) is 7.97. The summed E-state index contributed by atoms with van der Waals surface area (Å²) < 4.78 is 41.3. The number of aryl methyl sites for hydroxylation is 1. The quantitative estimate of drug-likeness (QED) is 0.361. The number of nitrogen functional groups attached to an aromatic ring is 1. The van der Waals surface area contributed by atoms with Crippen molar-refractivity contribution in [1.82, 2.24) is 9.97 Å². The van der Waals surface area contributed by atoms with E-state index in [1.54, 1.807) is 18.2 Å². The molecule has 2 N–H and O–H groups in total. The lowest BCUT2D eigenvalue weighted by Gasteiger charge is -2.08. The van der Waals surface area contributed by atoms with Crippen LogP contribution < -0.4 is 10.5 Å². The average Bonchev–Trinajstić information content (AvgIpc) is 2.62. The Kier molecular flexibility index (Phi) is 8.30. The molecule has 0 aliphatic rings. The fourth-order valence-corrected chi connectivity index (χ4v) is 2.95. The molecule has 29 heavy (non-hydrogen) atoms. The Morgan fingerprint density at radius 2 is 1.62 bits per heavy atom. The second-order valence-electron chi connectivity index (χ2n) is 5.75. The number of hydrogen-bond donors (Lipinski definition) is 1. The Balaban J connectivity index is 0.000000212. The van der Waals surface area contributed by atoms with Gasteiger partial charge in [0.05, 0.1) is 5.69 Å².